The predicted octanol–water partition coefficient (Wildman–Crippen LogP) is 4.25. The lowest BCUT2D eigenvalue weighted by Crippen LogP contribution is -2.41. The van der Waals surface area contributed by atoms with Crippen molar-refractivity contribution in [3.05, 3.63) is 65.2 Å². The fourth-order valence-electron chi connectivity index (χ4n) is 3.88. The van der Waals surface area contributed by atoms with Crippen LogP contribution in [0.4, 0.5) is 0 Å². The summed E-state index contributed by atoms with van der Waals surface area (Å²) in [6.45, 7) is 3.04. The molecule has 124 valence electrons. The monoisotopic (exact) mass is 337 g/mol. The molecule has 24 heavy (non-hydrogen) atoms. The molecule has 0 spiro atoms. The molecular weight excluding hydrogens is 314 g/mol. The zero-order valence-corrected chi connectivity index (χ0v) is 14.9. The van der Waals surface area contributed by atoms with Crippen LogP contribution in [0.15, 0.2) is 53.4 Å². The van der Waals surface area contributed by atoms with Gasteiger partial charge in [0, 0.05) is 17.5 Å². The highest BCUT2D eigenvalue weighted by Crippen LogP contribution is 2.39. The van der Waals surface area contributed by atoms with Crippen LogP contribution in [-0.2, 0) is 17.6 Å². The molecule has 4 rings (SSSR count). The first-order valence-electron chi connectivity index (χ1n) is 8.81. The quantitative estimate of drug-likeness (QED) is 0.835. The van der Waals surface area contributed by atoms with Gasteiger partial charge in [-0.05, 0) is 49.8 Å². The van der Waals surface area contributed by atoms with E-state index in [0.29, 0.717) is 11.9 Å². The molecule has 1 fully saturated rings. The van der Waals surface area contributed by atoms with Gasteiger partial charge >= 0.3 is 0 Å². The van der Waals surface area contributed by atoms with E-state index in [4.69, 9.17) is 0 Å². The van der Waals surface area contributed by atoms with Gasteiger partial charge in [-0.1, -0.05) is 48.0 Å². The number of carbonyl (C=O) groups excluding carboxylic acids is 1. The maximum Gasteiger partial charge on any atom is 0.236 e. The van der Waals surface area contributed by atoms with Crippen molar-refractivity contribution in [1.29, 1.82) is 0 Å². The molecule has 0 N–H and O–H groups in total. The van der Waals surface area contributed by atoms with E-state index < -0.39 is 0 Å². The van der Waals surface area contributed by atoms with E-state index >= 15 is 0 Å². The molecule has 3 heteroatoms. The SMILES string of the molecule is Cc1ccc2c(c1)SC(C(=O)N1CCCC1Cc1ccccc1)C2. The highest BCUT2D eigenvalue weighted by molar-refractivity contribution is 8.01. The van der Waals surface area contributed by atoms with Crippen LogP contribution in [0, 0.1) is 6.92 Å². The molecule has 2 aliphatic heterocycles. The Labute approximate surface area is 148 Å². The van der Waals surface area contributed by atoms with Gasteiger partial charge in [0.2, 0.25) is 5.91 Å². The maximum absolute atomic E-state index is 13.1. The molecule has 2 aromatic rings. The molecule has 0 saturated carbocycles. The standard InChI is InChI=1S/C21H23NOS/c1-15-9-10-17-14-20(24-19(17)12-15)21(23)22-11-5-8-18(22)13-16-6-3-2-4-7-16/h2-4,6-7,9-10,12,18,20H,5,8,11,13-14H2,1H3. The second kappa shape index (κ2) is 6.64. The Bertz CT molecular complexity index is 743. The Hall–Kier alpha value is -1.74. The average Bonchev–Trinajstić information content (AvgIpc) is 3.21. The van der Waals surface area contributed by atoms with Gasteiger partial charge in [-0.3, -0.25) is 4.79 Å². The second-order valence-corrected chi connectivity index (χ2v) is 8.18. The number of benzene rings is 2. The summed E-state index contributed by atoms with van der Waals surface area (Å²) in [6, 6.07) is 17.5. The number of thioether (sulfide) groups is 1. The largest absolute Gasteiger partial charge is 0.338 e. The van der Waals surface area contributed by atoms with Gasteiger partial charge in [0.15, 0.2) is 0 Å². The molecular formula is C21H23NOS. The maximum atomic E-state index is 13.1. The van der Waals surface area contributed by atoms with Crippen molar-refractivity contribution < 1.29 is 4.79 Å². The van der Waals surface area contributed by atoms with Gasteiger partial charge in [-0.15, -0.1) is 11.8 Å². The van der Waals surface area contributed by atoms with Crippen molar-refractivity contribution in [1.82, 2.24) is 4.90 Å². The third-order valence-corrected chi connectivity index (χ3v) is 6.43. The Morgan fingerprint density at radius 3 is 2.88 bits per heavy atom. The van der Waals surface area contributed by atoms with Crippen molar-refractivity contribution in [2.45, 2.75) is 48.8 Å². The lowest BCUT2D eigenvalue weighted by molar-refractivity contribution is -0.131. The van der Waals surface area contributed by atoms with Gasteiger partial charge in [-0.25, -0.2) is 0 Å². The summed E-state index contributed by atoms with van der Waals surface area (Å²) in [4.78, 5) is 16.6. The van der Waals surface area contributed by atoms with Crippen molar-refractivity contribution >= 4 is 17.7 Å². The first kappa shape index (κ1) is 15.8. The molecule has 2 aliphatic rings. The van der Waals surface area contributed by atoms with E-state index in [1.54, 1.807) is 11.8 Å². The number of hydrogen-bond acceptors (Lipinski definition) is 2. The minimum atomic E-state index is 0.0678. The van der Waals surface area contributed by atoms with Gasteiger partial charge in [0.25, 0.3) is 0 Å². The van der Waals surface area contributed by atoms with E-state index in [2.05, 4.69) is 60.4 Å². The molecule has 2 atom stereocenters. The van der Waals surface area contributed by atoms with Crippen LogP contribution in [0.5, 0.6) is 0 Å². The zero-order chi connectivity index (χ0) is 16.5. The van der Waals surface area contributed by atoms with Crippen molar-refractivity contribution in [3.63, 3.8) is 0 Å². The summed E-state index contributed by atoms with van der Waals surface area (Å²) in [6.07, 6.45) is 4.13. The normalized spacial score (nSPS) is 22.6. The van der Waals surface area contributed by atoms with E-state index in [-0.39, 0.29) is 5.25 Å². The fraction of sp³-hybridized carbons (Fsp3) is 0.381. The molecule has 0 aliphatic carbocycles. The van der Waals surface area contributed by atoms with Crippen LogP contribution in [0.3, 0.4) is 0 Å². The molecule has 1 amide bonds. The number of likely N-dealkylation sites (tertiary alicyclic amines) is 1. The smallest absolute Gasteiger partial charge is 0.236 e. The Balaban J connectivity index is 1.46. The van der Waals surface area contributed by atoms with Gasteiger partial charge in [0.05, 0.1) is 5.25 Å². The second-order valence-electron chi connectivity index (χ2n) is 6.94. The van der Waals surface area contributed by atoms with Crippen LogP contribution in [0.25, 0.3) is 0 Å². The Morgan fingerprint density at radius 2 is 2.04 bits per heavy atom. The van der Waals surface area contributed by atoms with Crippen molar-refractivity contribution in [2.24, 2.45) is 0 Å². The van der Waals surface area contributed by atoms with E-state index in [0.717, 1.165) is 32.2 Å². The van der Waals surface area contributed by atoms with Gasteiger partial charge < -0.3 is 4.90 Å². The molecule has 2 heterocycles. The number of carbonyl (C=O) groups is 1. The summed E-state index contributed by atoms with van der Waals surface area (Å²) in [5.74, 6) is 0.340. The minimum Gasteiger partial charge on any atom is -0.338 e. The molecule has 1 saturated heterocycles. The molecule has 2 nitrogen and oxygen atoms in total. The van der Waals surface area contributed by atoms with Gasteiger partial charge in [0.1, 0.15) is 0 Å². The molecule has 0 bridgehead atoms. The molecule has 0 aromatic heterocycles. The average molecular weight is 337 g/mol. The molecule has 2 unspecified atom stereocenters. The summed E-state index contributed by atoms with van der Waals surface area (Å²) in [5, 5.41) is 0.0678. The Morgan fingerprint density at radius 1 is 1.21 bits per heavy atom. The number of fused-ring (bicyclic) bond motifs is 1. The van der Waals surface area contributed by atoms with Crippen molar-refractivity contribution in [3.8, 4) is 0 Å². The predicted molar refractivity (Wildman–Crippen MR) is 99.4 cm³/mol. The van der Waals surface area contributed by atoms with Crippen LogP contribution in [0.1, 0.15) is 29.5 Å². The summed E-state index contributed by atoms with van der Waals surface area (Å²) < 4.78 is 0. The third kappa shape index (κ3) is 3.10. The number of rotatable bonds is 3. The summed E-state index contributed by atoms with van der Waals surface area (Å²) in [7, 11) is 0. The number of aryl methyl sites for hydroxylation is 1. The topological polar surface area (TPSA) is 20.3 Å². The summed E-state index contributed by atoms with van der Waals surface area (Å²) >= 11 is 1.76. The lowest BCUT2D eigenvalue weighted by atomic mass is 10.0. The highest BCUT2D eigenvalue weighted by atomic mass is 32.2. The lowest BCUT2D eigenvalue weighted by Gasteiger charge is -2.27. The first-order valence-corrected chi connectivity index (χ1v) is 9.69. The first-order chi connectivity index (χ1) is 11.7. The molecule has 2 aromatic carbocycles. The van der Waals surface area contributed by atoms with Crippen LogP contribution < -0.4 is 0 Å². The van der Waals surface area contributed by atoms with Gasteiger partial charge in [-0.2, -0.15) is 0 Å². The third-order valence-electron chi connectivity index (χ3n) is 5.15. The minimum absolute atomic E-state index is 0.0678. The van der Waals surface area contributed by atoms with E-state index in [1.807, 2.05) is 0 Å². The number of nitrogens with zero attached hydrogens (tertiary/aromatic N) is 1. The van der Waals surface area contributed by atoms with Crippen LogP contribution in [-0.4, -0.2) is 28.6 Å². The van der Waals surface area contributed by atoms with E-state index in [1.165, 1.54) is 21.6 Å². The Kier molecular flexibility index (Phi) is 4.36. The summed E-state index contributed by atoms with van der Waals surface area (Å²) in [5.41, 5.74) is 3.94. The van der Waals surface area contributed by atoms with Crippen LogP contribution >= 0.6 is 11.8 Å². The fourth-order valence-corrected chi connectivity index (χ4v) is 5.24. The number of amides is 1. The number of hydrogen-bond donors (Lipinski definition) is 0. The van der Waals surface area contributed by atoms with Crippen LogP contribution in [0.2, 0.25) is 0 Å². The van der Waals surface area contributed by atoms with E-state index in [9.17, 15) is 4.79 Å². The zero-order valence-electron chi connectivity index (χ0n) is 14.1. The highest BCUT2D eigenvalue weighted by Gasteiger charge is 2.36. The molecule has 0 radical (unpaired) electrons. The van der Waals surface area contributed by atoms with Crippen molar-refractivity contribution in [2.75, 3.05) is 6.54 Å².